The highest BCUT2D eigenvalue weighted by Crippen LogP contribution is 2.17. The van der Waals surface area contributed by atoms with Crippen molar-refractivity contribution in [1.82, 2.24) is 10.2 Å². The van der Waals surface area contributed by atoms with Gasteiger partial charge in [0, 0.05) is 20.0 Å². The van der Waals surface area contributed by atoms with E-state index in [1.165, 1.54) is 0 Å². The second kappa shape index (κ2) is 10.6. The molecule has 4 heteroatoms. The normalized spacial score (nSPS) is 11.6. The molecule has 1 atom stereocenters. The highest BCUT2D eigenvalue weighted by molar-refractivity contribution is 5.88. The summed E-state index contributed by atoms with van der Waals surface area (Å²) < 4.78 is 0. The Hall–Kier alpha value is -3.40. The summed E-state index contributed by atoms with van der Waals surface area (Å²) in [6.45, 7) is 4.43. The maximum Gasteiger partial charge on any atom is 0.242 e. The number of likely N-dealkylation sites (N-methyl/N-ethyl adjacent to an activating group) is 1. The van der Waals surface area contributed by atoms with Crippen LogP contribution in [0.25, 0.3) is 0 Å². The maximum atomic E-state index is 13.5. The van der Waals surface area contributed by atoms with Crippen molar-refractivity contribution >= 4 is 11.8 Å². The van der Waals surface area contributed by atoms with Crippen LogP contribution in [0.1, 0.15) is 27.8 Å². The minimum absolute atomic E-state index is 0.0587. The topological polar surface area (TPSA) is 49.4 Å². The second-order valence-electron chi connectivity index (χ2n) is 8.00. The first-order chi connectivity index (χ1) is 15.0. The third-order valence-corrected chi connectivity index (χ3v) is 5.39. The molecule has 0 heterocycles. The molecular weight excluding hydrogens is 384 g/mol. The minimum atomic E-state index is -0.592. The lowest BCUT2D eigenvalue weighted by atomic mass is 10.0. The fourth-order valence-electron chi connectivity index (χ4n) is 3.83. The number of aryl methyl sites for hydroxylation is 2. The van der Waals surface area contributed by atoms with Crippen molar-refractivity contribution in [2.24, 2.45) is 0 Å². The van der Waals surface area contributed by atoms with E-state index in [2.05, 4.69) is 11.4 Å². The molecular formula is C27H30N2O2. The van der Waals surface area contributed by atoms with E-state index in [1.807, 2.05) is 86.6 Å². The monoisotopic (exact) mass is 414 g/mol. The summed E-state index contributed by atoms with van der Waals surface area (Å²) >= 11 is 0. The summed E-state index contributed by atoms with van der Waals surface area (Å²) in [4.78, 5) is 28.2. The van der Waals surface area contributed by atoms with Gasteiger partial charge in [0.1, 0.15) is 6.04 Å². The van der Waals surface area contributed by atoms with Gasteiger partial charge in [0.05, 0.1) is 6.42 Å². The van der Waals surface area contributed by atoms with Crippen molar-refractivity contribution in [3.05, 3.63) is 107 Å². The molecule has 160 valence electrons. The van der Waals surface area contributed by atoms with Crippen LogP contribution in [0.4, 0.5) is 0 Å². The van der Waals surface area contributed by atoms with Gasteiger partial charge in [0.2, 0.25) is 11.8 Å². The average molecular weight is 415 g/mol. The largest absolute Gasteiger partial charge is 0.357 e. The Labute approximate surface area is 184 Å². The zero-order chi connectivity index (χ0) is 22.2. The quantitative estimate of drug-likeness (QED) is 0.600. The Morgan fingerprint density at radius 1 is 0.806 bits per heavy atom. The molecule has 31 heavy (non-hydrogen) atoms. The van der Waals surface area contributed by atoms with Gasteiger partial charge in [0.15, 0.2) is 0 Å². The fraction of sp³-hybridized carbons (Fsp3) is 0.259. The van der Waals surface area contributed by atoms with E-state index in [9.17, 15) is 9.59 Å². The van der Waals surface area contributed by atoms with E-state index < -0.39 is 6.04 Å². The number of hydrogen-bond acceptors (Lipinski definition) is 2. The lowest BCUT2D eigenvalue weighted by Crippen LogP contribution is -2.50. The lowest BCUT2D eigenvalue weighted by molar-refractivity contribution is -0.140. The van der Waals surface area contributed by atoms with E-state index in [4.69, 9.17) is 0 Å². The van der Waals surface area contributed by atoms with Crippen LogP contribution >= 0.6 is 0 Å². The van der Waals surface area contributed by atoms with Gasteiger partial charge in [-0.1, -0.05) is 90.0 Å². The summed E-state index contributed by atoms with van der Waals surface area (Å²) in [5, 5.41) is 2.76. The van der Waals surface area contributed by atoms with Gasteiger partial charge in [-0.2, -0.15) is 0 Å². The van der Waals surface area contributed by atoms with Crippen molar-refractivity contribution in [2.45, 2.75) is 39.3 Å². The van der Waals surface area contributed by atoms with Crippen LogP contribution in [0.2, 0.25) is 0 Å². The average Bonchev–Trinajstić information content (AvgIpc) is 2.76. The number of nitrogens with zero attached hydrogens (tertiary/aromatic N) is 1. The molecule has 3 aromatic carbocycles. The Morgan fingerprint density at radius 3 is 2.00 bits per heavy atom. The fourth-order valence-corrected chi connectivity index (χ4v) is 3.83. The summed E-state index contributed by atoms with van der Waals surface area (Å²) in [5.74, 6) is -0.217. The van der Waals surface area contributed by atoms with Crippen LogP contribution in [-0.2, 0) is 29.0 Å². The molecule has 0 saturated carbocycles. The first-order valence-corrected chi connectivity index (χ1v) is 10.6. The Bertz CT molecular complexity index is 1030. The Balaban J connectivity index is 1.94. The van der Waals surface area contributed by atoms with Gasteiger partial charge in [-0.05, 0) is 30.5 Å². The molecule has 0 fully saturated rings. The predicted molar refractivity (Wildman–Crippen MR) is 125 cm³/mol. The molecule has 0 spiro atoms. The number of benzene rings is 3. The molecule has 0 radical (unpaired) electrons. The van der Waals surface area contributed by atoms with Crippen LogP contribution in [0.15, 0.2) is 78.9 Å². The van der Waals surface area contributed by atoms with Gasteiger partial charge >= 0.3 is 0 Å². The lowest BCUT2D eigenvalue weighted by Gasteiger charge is -2.31. The maximum absolute atomic E-state index is 13.5. The summed E-state index contributed by atoms with van der Waals surface area (Å²) in [5.41, 5.74) is 5.23. The number of amides is 2. The minimum Gasteiger partial charge on any atom is -0.357 e. The molecule has 0 saturated heterocycles. The zero-order valence-electron chi connectivity index (χ0n) is 18.5. The van der Waals surface area contributed by atoms with Gasteiger partial charge < -0.3 is 10.2 Å². The van der Waals surface area contributed by atoms with Crippen LogP contribution in [0.5, 0.6) is 0 Å². The molecule has 1 N–H and O–H groups in total. The van der Waals surface area contributed by atoms with Crippen molar-refractivity contribution in [3.63, 3.8) is 0 Å². The predicted octanol–water partition coefficient (Wildman–Crippen LogP) is 4.23. The molecule has 3 aromatic rings. The molecule has 0 aliphatic carbocycles. The zero-order valence-corrected chi connectivity index (χ0v) is 18.5. The van der Waals surface area contributed by atoms with E-state index in [0.717, 1.165) is 27.8 Å². The van der Waals surface area contributed by atoms with Crippen molar-refractivity contribution in [3.8, 4) is 0 Å². The van der Waals surface area contributed by atoms with Crippen LogP contribution < -0.4 is 5.32 Å². The van der Waals surface area contributed by atoms with Crippen LogP contribution in [0.3, 0.4) is 0 Å². The molecule has 2 amide bonds. The van der Waals surface area contributed by atoms with E-state index >= 15 is 0 Å². The SMILES string of the molecule is CNC(=O)C(Cc1ccccc1)N(Cc1cccc(C)c1)C(=O)Cc1cccc(C)c1. The van der Waals surface area contributed by atoms with E-state index in [0.29, 0.717) is 13.0 Å². The van der Waals surface area contributed by atoms with Gasteiger partial charge in [-0.25, -0.2) is 0 Å². The van der Waals surface area contributed by atoms with Gasteiger partial charge in [-0.3, -0.25) is 9.59 Å². The molecule has 3 rings (SSSR count). The van der Waals surface area contributed by atoms with E-state index in [1.54, 1.807) is 11.9 Å². The first-order valence-electron chi connectivity index (χ1n) is 10.6. The number of nitrogens with one attached hydrogen (secondary N) is 1. The smallest absolute Gasteiger partial charge is 0.242 e. The Morgan fingerprint density at radius 2 is 1.39 bits per heavy atom. The van der Waals surface area contributed by atoms with Crippen molar-refractivity contribution < 1.29 is 9.59 Å². The summed E-state index contributed by atoms with van der Waals surface area (Å²) in [6, 6.07) is 25.3. The number of rotatable bonds is 8. The second-order valence-corrected chi connectivity index (χ2v) is 8.00. The number of carbonyl (C=O) groups is 2. The van der Waals surface area contributed by atoms with Crippen LogP contribution in [0, 0.1) is 13.8 Å². The highest BCUT2D eigenvalue weighted by atomic mass is 16.2. The molecule has 1 unspecified atom stereocenters. The van der Waals surface area contributed by atoms with Gasteiger partial charge in [-0.15, -0.1) is 0 Å². The third-order valence-electron chi connectivity index (χ3n) is 5.39. The summed E-state index contributed by atoms with van der Waals surface area (Å²) in [6.07, 6.45) is 0.724. The first kappa shape index (κ1) is 22.3. The van der Waals surface area contributed by atoms with Gasteiger partial charge in [0.25, 0.3) is 0 Å². The molecule has 0 aliphatic rings. The molecule has 4 nitrogen and oxygen atoms in total. The number of hydrogen-bond donors (Lipinski definition) is 1. The molecule has 0 aliphatic heterocycles. The van der Waals surface area contributed by atoms with Crippen molar-refractivity contribution in [2.75, 3.05) is 7.05 Å². The standard InChI is InChI=1S/C27H30N2O2/c1-20-9-7-13-23(15-20)18-26(30)29(19-24-14-8-10-21(2)16-24)25(27(31)28-3)17-22-11-5-4-6-12-22/h4-16,25H,17-19H2,1-3H3,(H,28,31). The third kappa shape index (κ3) is 6.29. The Kier molecular flexibility index (Phi) is 7.60. The molecule has 0 bridgehead atoms. The van der Waals surface area contributed by atoms with Crippen molar-refractivity contribution in [1.29, 1.82) is 0 Å². The van der Waals surface area contributed by atoms with E-state index in [-0.39, 0.29) is 18.2 Å². The summed E-state index contributed by atoms with van der Waals surface area (Å²) in [7, 11) is 1.62. The highest BCUT2D eigenvalue weighted by Gasteiger charge is 2.29. The van der Waals surface area contributed by atoms with Crippen LogP contribution in [-0.4, -0.2) is 29.8 Å². The number of carbonyl (C=O) groups excluding carboxylic acids is 2. The molecule has 0 aromatic heterocycles.